The van der Waals surface area contributed by atoms with E-state index in [0.717, 1.165) is 0 Å². The molecular formula is C10H14N5NaO3. The topological polar surface area (TPSA) is 133 Å². The predicted octanol–water partition coefficient (Wildman–Crippen LogP) is -4.94. The van der Waals surface area contributed by atoms with E-state index in [2.05, 4.69) is 15.0 Å². The number of hydrogen-bond donors (Lipinski definition) is 3. The number of imidazole rings is 1. The quantitative estimate of drug-likeness (QED) is 0.468. The van der Waals surface area contributed by atoms with Gasteiger partial charge in [-0.05, 0) is 12.3 Å². The van der Waals surface area contributed by atoms with Gasteiger partial charge in [-0.2, -0.15) is 4.98 Å². The minimum atomic E-state index is -0.390. The Morgan fingerprint density at radius 2 is 2.32 bits per heavy atom. The molecule has 0 amide bonds. The normalized spacial score (nSPS) is 12.3. The minimum absolute atomic E-state index is 0. The number of nitrogens with one attached hydrogen (secondary N) is 1. The molecule has 0 aliphatic heterocycles. The zero-order valence-corrected chi connectivity index (χ0v) is 12.7. The largest absolute Gasteiger partial charge is 1.00 e. The van der Waals surface area contributed by atoms with E-state index in [0.29, 0.717) is 18.6 Å². The third kappa shape index (κ3) is 3.54. The van der Waals surface area contributed by atoms with E-state index in [4.69, 9.17) is 10.8 Å². The molecule has 2 aromatic heterocycles. The molecule has 0 bridgehead atoms. The van der Waals surface area contributed by atoms with Crippen molar-refractivity contribution in [2.24, 2.45) is 5.92 Å². The number of nitrogen functional groups attached to an aromatic ring is 1. The Morgan fingerprint density at radius 3 is 2.95 bits per heavy atom. The molecule has 0 aliphatic rings. The molecule has 2 heterocycles. The molecule has 0 saturated heterocycles. The monoisotopic (exact) mass is 275 g/mol. The van der Waals surface area contributed by atoms with E-state index in [1.54, 1.807) is 4.57 Å². The van der Waals surface area contributed by atoms with Crippen molar-refractivity contribution in [3.05, 3.63) is 16.7 Å². The van der Waals surface area contributed by atoms with E-state index in [9.17, 15) is 9.90 Å². The van der Waals surface area contributed by atoms with Crippen molar-refractivity contribution in [3.63, 3.8) is 0 Å². The summed E-state index contributed by atoms with van der Waals surface area (Å²) in [4.78, 5) is 21.8. The van der Waals surface area contributed by atoms with Crippen LogP contribution in [0.15, 0.2) is 11.1 Å². The van der Waals surface area contributed by atoms with Crippen LogP contribution in [0.4, 0.5) is 5.95 Å². The number of rotatable bonds is 5. The summed E-state index contributed by atoms with van der Waals surface area (Å²) in [6.45, 7) is -0.0224. The Balaban J connectivity index is 0.00000180. The summed E-state index contributed by atoms with van der Waals surface area (Å²) in [7, 11) is 0. The Bertz CT molecular complexity index is 592. The van der Waals surface area contributed by atoms with Crippen LogP contribution in [0.1, 0.15) is 6.42 Å². The minimum Gasteiger partial charge on any atom is -0.854 e. The van der Waals surface area contributed by atoms with Gasteiger partial charge in [-0.25, -0.2) is 4.98 Å². The first-order chi connectivity index (χ1) is 8.65. The van der Waals surface area contributed by atoms with Crippen LogP contribution < -0.4 is 46.0 Å². The third-order valence-corrected chi connectivity index (χ3v) is 2.77. The zero-order valence-electron chi connectivity index (χ0n) is 10.7. The summed E-state index contributed by atoms with van der Waals surface area (Å²) in [6.07, 6.45) is 1.98. The average molecular weight is 275 g/mol. The van der Waals surface area contributed by atoms with E-state index in [-0.39, 0.29) is 60.2 Å². The number of nitrogens with zero attached hydrogens (tertiary/aromatic N) is 3. The fourth-order valence-electron chi connectivity index (χ4n) is 1.68. The molecule has 19 heavy (non-hydrogen) atoms. The zero-order chi connectivity index (χ0) is 13.1. The number of hydrogen-bond acceptors (Lipinski definition) is 6. The van der Waals surface area contributed by atoms with Crippen LogP contribution in [-0.4, -0.2) is 37.8 Å². The second-order valence-electron chi connectivity index (χ2n) is 4.07. The number of H-pyrrole nitrogens is 1. The second-order valence-corrected chi connectivity index (χ2v) is 4.07. The van der Waals surface area contributed by atoms with Gasteiger partial charge in [-0.1, -0.05) is 0 Å². The predicted molar refractivity (Wildman–Crippen MR) is 62.6 cm³/mol. The Morgan fingerprint density at radius 1 is 1.58 bits per heavy atom. The molecule has 9 heteroatoms. The van der Waals surface area contributed by atoms with Crippen molar-refractivity contribution in [3.8, 4) is 0 Å². The van der Waals surface area contributed by atoms with Gasteiger partial charge in [-0.15, -0.1) is 6.61 Å². The van der Waals surface area contributed by atoms with Gasteiger partial charge in [0, 0.05) is 13.2 Å². The maximum absolute atomic E-state index is 11.5. The Kier molecular flexibility index (Phi) is 5.95. The molecular weight excluding hydrogens is 261 g/mol. The summed E-state index contributed by atoms with van der Waals surface area (Å²) in [5.41, 5.74) is 5.68. The molecule has 2 aromatic rings. The first kappa shape index (κ1) is 16.1. The average Bonchev–Trinajstić information content (AvgIpc) is 2.74. The van der Waals surface area contributed by atoms with Crippen LogP contribution in [-0.2, 0) is 6.54 Å². The molecule has 0 radical (unpaired) electrons. The smallest absolute Gasteiger partial charge is 0.854 e. The summed E-state index contributed by atoms with van der Waals surface area (Å²) < 4.78 is 1.65. The molecule has 0 fully saturated rings. The van der Waals surface area contributed by atoms with Gasteiger partial charge in [-0.3, -0.25) is 9.78 Å². The third-order valence-electron chi connectivity index (χ3n) is 2.77. The number of aliphatic hydroxyl groups excluding tert-OH is 1. The maximum Gasteiger partial charge on any atom is 1.00 e. The van der Waals surface area contributed by atoms with Gasteiger partial charge in [0.15, 0.2) is 11.2 Å². The Hall–Kier alpha value is -0.930. The molecule has 0 saturated carbocycles. The maximum atomic E-state index is 11.5. The number of aromatic nitrogens is 4. The van der Waals surface area contributed by atoms with Gasteiger partial charge in [0.2, 0.25) is 5.95 Å². The summed E-state index contributed by atoms with van der Waals surface area (Å²) in [5, 5.41) is 19.7. The van der Waals surface area contributed by atoms with Crippen molar-refractivity contribution in [2.45, 2.75) is 13.0 Å². The standard InChI is InChI=1S/C10H14N5O3.Na/c11-10-13-8-7(9(18)14-10)12-5-15(8)2-1-6(3-16)4-17;/h5-6,16H,1-4H2,(H3,11,13,14,18);/q-1;+1. The Labute approximate surface area is 131 Å². The van der Waals surface area contributed by atoms with Gasteiger partial charge in [0.25, 0.3) is 5.56 Å². The number of fused-ring (bicyclic) bond motifs is 1. The number of anilines is 1. The molecule has 98 valence electrons. The van der Waals surface area contributed by atoms with Gasteiger partial charge >= 0.3 is 29.6 Å². The van der Waals surface area contributed by atoms with Crippen LogP contribution in [0.3, 0.4) is 0 Å². The first-order valence-corrected chi connectivity index (χ1v) is 5.55. The fourth-order valence-corrected chi connectivity index (χ4v) is 1.68. The van der Waals surface area contributed by atoms with Gasteiger partial charge < -0.3 is 20.5 Å². The van der Waals surface area contributed by atoms with Crippen LogP contribution >= 0.6 is 0 Å². The van der Waals surface area contributed by atoms with Crippen molar-refractivity contribution < 1.29 is 39.8 Å². The number of nitrogens with two attached hydrogens (primary N) is 1. The first-order valence-electron chi connectivity index (χ1n) is 5.55. The molecule has 2 rings (SSSR count). The van der Waals surface area contributed by atoms with Crippen molar-refractivity contribution in [1.82, 2.24) is 19.5 Å². The van der Waals surface area contributed by atoms with Gasteiger partial charge in [0.05, 0.1) is 6.33 Å². The van der Waals surface area contributed by atoms with Crippen LogP contribution in [0.2, 0.25) is 0 Å². The molecule has 1 atom stereocenters. The SMILES string of the molecule is Nc1nc2c(ncn2CCC(C[O-])CO)c(=O)[nH]1.[Na+]. The number of aliphatic hydroxyl groups is 1. The van der Waals surface area contributed by atoms with Crippen molar-refractivity contribution in [1.29, 1.82) is 0 Å². The molecule has 0 spiro atoms. The molecule has 0 aliphatic carbocycles. The van der Waals surface area contributed by atoms with Crippen molar-refractivity contribution >= 4 is 17.1 Å². The van der Waals surface area contributed by atoms with Gasteiger partial charge in [0.1, 0.15) is 0 Å². The van der Waals surface area contributed by atoms with E-state index in [1.165, 1.54) is 6.33 Å². The fraction of sp³-hybridized carbons (Fsp3) is 0.500. The van der Waals surface area contributed by atoms with E-state index >= 15 is 0 Å². The summed E-state index contributed by atoms with van der Waals surface area (Å²) in [6, 6.07) is 0. The van der Waals surface area contributed by atoms with E-state index in [1.807, 2.05) is 0 Å². The summed E-state index contributed by atoms with van der Waals surface area (Å²) in [5.74, 6) is -0.279. The molecule has 8 nitrogen and oxygen atoms in total. The molecule has 1 unspecified atom stereocenters. The number of aromatic amines is 1. The number of aryl methyl sites for hydroxylation is 1. The summed E-state index contributed by atoms with van der Waals surface area (Å²) >= 11 is 0. The van der Waals surface area contributed by atoms with Crippen LogP contribution in [0, 0.1) is 5.92 Å². The van der Waals surface area contributed by atoms with Crippen LogP contribution in [0.25, 0.3) is 11.2 Å². The second kappa shape index (κ2) is 7.01. The van der Waals surface area contributed by atoms with Crippen molar-refractivity contribution in [2.75, 3.05) is 18.9 Å². The van der Waals surface area contributed by atoms with Crippen LogP contribution in [0.5, 0.6) is 0 Å². The molecule has 4 N–H and O–H groups in total. The van der Waals surface area contributed by atoms with E-state index < -0.39 is 5.56 Å². The molecule has 0 aromatic carbocycles.